The molecule has 2 rings (SSSR count). The molecule has 9 heteroatoms. The van der Waals surface area contributed by atoms with E-state index in [2.05, 4.69) is 32.3 Å². The molecule has 0 aliphatic carbocycles. The molecule has 1 unspecified atom stereocenters. The summed E-state index contributed by atoms with van der Waals surface area (Å²) in [5, 5.41) is 13.6. The molecule has 1 fully saturated rings. The van der Waals surface area contributed by atoms with Gasteiger partial charge in [-0.1, -0.05) is 5.16 Å². The number of aromatic nitrogens is 2. The summed E-state index contributed by atoms with van der Waals surface area (Å²) in [6, 6.07) is -0.0873. The van der Waals surface area contributed by atoms with Crippen molar-refractivity contribution < 1.29 is 19.2 Å². The van der Waals surface area contributed by atoms with Crippen LogP contribution in [0, 0.1) is 6.92 Å². The van der Waals surface area contributed by atoms with Crippen molar-refractivity contribution in [3.8, 4) is 0 Å². The number of rotatable bonds is 5. The van der Waals surface area contributed by atoms with Crippen LogP contribution in [0.15, 0.2) is 4.52 Å². The van der Waals surface area contributed by atoms with Crippen molar-refractivity contribution in [2.24, 2.45) is 0 Å². The van der Waals surface area contributed by atoms with Crippen molar-refractivity contribution in [1.29, 1.82) is 0 Å². The summed E-state index contributed by atoms with van der Waals surface area (Å²) in [5.41, 5.74) is 0. The van der Waals surface area contributed by atoms with Crippen LogP contribution in [-0.4, -0.2) is 83.2 Å². The quantitative estimate of drug-likeness (QED) is 0.688. The van der Waals surface area contributed by atoms with E-state index >= 15 is 0 Å². The van der Waals surface area contributed by atoms with Crippen LogP contribution in [0.2, 0.25) is 0 Å². The van der Waals surface area contributed by atoms with Gasteiger partial charge in [0.1, 0.15) is 0 Å². The molecule has 1 aliphatic rings. The van der Waals surface area contributed by atoms with Gasteiger partial charge in [0.15, 0.2) is 5.82 Å². The van der Waals surface area contributed by atoms with Gasteiger partial charge in [-0.15, -0.1) is 0 Å². The zero-order chi connectivity index (χ0) is 17.2. The lowest BCUT2D eigenvalue weighted by molar-refractivity contribution is -0.126. The molecule has 130 valence electrons. The van der Waals surface area contributed by atoms with Crippen LogP contribution >= 0.6 is 0 Å². The SMILES string of the molecule is Cc1nc(CCNC(=O)C(C)N2CCN(C)CC2)no1.O=CO. The molecule has 2 heterocycles. The normalized spacial score (nSPS) is 17.0. The van der Waals surface area contributed by atoms with Gasteiger partial charge in [-0.25, -0.2) is 0 Å². The van der Waals surface area contributed by atoms with E-state index in [0.29, 0.717) is 24.7 Å². The van der Waals surface area contributed by atoms with Gasteiger partial charge in [0.2, 0.25) is 11.8 Å². The first-order valence-corrected chi connectivity index (χ1v) is 7.55. The van der Waals surface area contributed by atoms with Gasteiger partial charge in [0.05, 0.1) is 6.04 Å². The summed E-state index contributed by atoms with van der Waals surface area (Å²) in [6.07, 6.45) is 0.596. The number of hydrogen-bond donors (Lipinski definition) is 2. The van der Waals surface area contributed by atoms with E-state index in [1.165, 1.54) is 0 Å². The highest BCUT2D eigenvalue weighted by atomic mass is 16.5. The Morgan fingerprint density at radius 2 is 2.04 bits per heavy atom. The molecule has 9 nitrogen and oxygen atoms in total. The number of nitrogens with one attached hydrogen (secondary N) is 1. The second-order valence-electron chi connectivity index (χ2n) is 5.39. The third-order valence-corrected chi connectivity index (χ3v) is 3.68. The van der Waals surface area contributed by atoms with E-state index in [9.17, 15) is 4.79 Å². The molecule has 1 aliphatic heterocycles. The van der Waals surface area contributed by atoms with E-state index in [-0.39, 0.29) is 18.4 Å². The molecule has 0 spiro atoms. The fourth-order valence-corrected chi connectivity index (χ4v) is 2.26. The Balaban J connectivity index is 0.000000816. The minimum atomic E-state index is -0.250. The number of carbonyl (C=O) groups is 2. The lowest BCUT2D eigenvalue weighted by atomic mass is 10.2. The minimum Gasteiger partial charge on any atom is -0.483 e. The van der Waals surface area contributed by atoms with Gasteiger partial charge in [0, 0.05) is 46.1 Å². The molecule has 0 aromatic carbocycles. The topological polar surface area (TPSA) is 112 Å². The molecule has 23 heavy (non-hydrogen) atoms. The van der Waals surface area contributed by atoms with Crippen LogP contribution < -0.4 is 5.32 Å². The molecule has 1 atom stereocenters. The molecule has 0 saturated carbocycles. The molecule has 2 N–H and O–H groups in total. The first kappa shape index (κ1) is 19.0. The van der Waals surface area contributed by atoms with E-state index in [0.717, 1.165) is 26.2 Å². The van der Waals surface area contributed by atoms with Crippen molar-refractivity contribution >= 4 is 12.4 Å². The lowest BCUT2D eigenvalue weighted by Crippen LogP contribution is -2.53. The zero-order valence-corrected chi connectivity index (χ0v) is 13.9. The van der Waals surface area contributed by atoms with Crippen LogP contribution in [0.25, 0.3) is 0 Å². The number of likely N-dealkylation sites (N-methyl/N-ethyl adjacent to an activating group) is 1. The Kier molecular flexibility index (Phi) is 8.20. The zero-order valence-electron chi connectivity index (χ0n) is 13.9. The number of hydrogen-bond acceptors (Lipinski definition) is 7. The molecule has 1 aromatic rings. The number of aryl methyl sites for hydroxylation is 1. The Bertz CT molecular complexity index is 485. The van der Waals surface area contributed by atoms with Gasteiger partial charge in [-0.2, -0.15) is 4.98 Å². The number of amides is 1. The highest BCUT2D eigenvalue weighted by Crippen LogP contribution is 2.05. The fourth-order valence-electron chi connectivity index (χ4n) is 2.26. The standard InChI is InChI=1S/C13H23N5O2.CH2O2/c1-10(18-8-6-17(3)7-9-18)13(19)14-5-4-12-15-11(2)20-16-12;2-1-3/h10H,4-9H2,1-3H3,(H,14,19);1H,(H,2,3). The highest BCUT2D eigenvalue weighted by molar-refractivity contribution is 5.81. The predicted octanol–water partition coefficient (Wildman–Crippen LogP) is -0.627. The van der Waals surface area contributed by atoms with Crippen LogP contribution in [-0.2, 0) is 16.0 Å². The maximum atomic E-state index is 12.1. The Morgan fingerprint density at radius 1 is 1.43 bits per heavy atom. The van der Waals surface area contributed by atoms with Crippen LogP contribution in [0.3, 0.4) is 0 Å². The molecule has 1 aromatic heterocycles. The van der Waals surface area contributed by atoms with Crippen molar-refractivity contribution in [3.63, 3.8) is 0 Å². The summed E-state index contributed by atoms with van der Waals surface area (Å²) in [5.74, 6) is 1.25. The van der Waals surface area contributed by atoms with Gasteiger partial charge >= 0.3 is 0 Å². The number of carboxylic acid groups (broad SMARTS) is 1. The summed E-state index contributed by atoms with van der Waals surface area (Å²) in [7, 11) is 2.11. The van der Waals surface area contributed by atoms with Crippen molar-refractivity contribution in [3.05, 3.63) is 11.7 Å². The van der Waals surface area contributed by atoms with Crippen LogP contribution in [0.5, 0.6) is 0 Å². The van der Waals surface area contributed by atoms with E-state index < -0.39 is 0 Å². The lowest BCUT2D eigenvalue weighted by Gasteiger charge is -2.35. The second kappa shape index (κ2) is 9.90. The predicted molar refractivity (Wildman–Crippen MR) is 83.0 cm³/mol. The average Bonchev–Trinajstić information content (AvgIpc) is 2.93. The fraction of sp³-hybridized carbons (Fsp3) is 0.714. The van der Waals surface area contributed by atoms with Crippen LogP contribution in [0.4, 0.5) is 0 Å². The Labute approximate surface area is 135 Å². The largest absolute Gasteiger partial charge is 0.483 e. The first-order valence-electron chi connectivity index (χ1n) is 7.55. The number of carbonyl (C=O) groups excluding carboxylic acids is 1. The first-order chi connectivity index (χ1) is 11.0. The molecule has 0 bridgehead atoms. The third kappa shape index (κ3) is 6.74. The van der Waals surface area contributed by atoms with Crippen molar-refractivity contribution in [1.82, 2.24) is 25.3 Å². The molecule has 0 radical (unpaired) electrons. The molecule has 1 amide bonds. The number of piperazine rings is 1. The van der Waals surface area contributed by atoms with Gasteiger partial charge in [-0.05, 0) is 14.0 Å². The van der Waals surface area contributed by atoms with E-state index in [1.807, 2.05) is 6.92 Å². The summed E-state index contributed by atoms with van der Waals surface area (Å²) in [6.45, 7) is 7.91. The van der Waals surface area contributed by atoms with Gasteiger partial charge in [0.25, 0.3) is 6.47 Å². The minimum absolute atomic E-state index is 0.0646. The Hall–Kier alpha value is -2.00. The third-order valence-electron chi connectivity index (χ3n) is 3.68. The second-order valence-corrected chi connectivity index (χ2v) is 5.39. The summed E-state index contributed by atoms with van der Waals surface area (Å²) in [4.78, 5) is 29.0. The maximum absolute atomic E-state index is 12.1. The average molecular weight is 327 g/mol. The highest BCUT2D eigenvalue weighted by Gasteiger charge is 2.23. The molecule has 1 saturated heterocycles. The number of nitrogens with zero attached hydrogens (tertiary/aromatic N) is 4. The van der Waals surface area contributed by atoms with Crippen molar-refractivity contribution in [2.45, 2.75) is 26.3 Å². The molecular formula is C14H25N5O4. The summed E-state index contributed by atoms with van der Waals surface area (Å²) >= 11 is 0. The smallest absolute Gasteiger partial charge is 0.290 e. The summed E-state index contributed by atoms with van der Waals surface area (Å²) < 4.78 is 4.89. The maximum Gasteiger partial charge on any atom is 0.290 e. The molecular weight excluding hydrogens is 302 g/mol. The van der Waals surface area contributed by atoms with Crippen LogP contribution in [0.1, 0.15) is 18.6 Å². The monoisotopic (exact) mass is 327 g/mol. The Morgan fingerprint density at radius 3 is 2.57 bits per heavy atom. The van der Waals surface area contributed by atoms with E-state index in [1.54, 1.807) is 6.92 Å². The van der Waals surface area contributed by atoms with Gasteiger partial charge in [-0.3, -0.25) is 14.5 Å². The van der Waals surface area contributed by atoms with E-state index in [4.69, 9.17) is 14.4 Å². The van der Waals surface area contributed by atoms with Gasteiger partial charge < -0.3 is 19.8 Å². The van der Waals surface area contributed by atoms with Crippen molar-refractivity contribution in [2.75, 3.05) is 39.8 Å².